The maximum absolute atomic E-state index is 11.5. The van der Waals surface area contributed by atoms with Gasteiger partial charge in [-0.2, -0.15) is 0 Å². The fraction of sp³-hybridized carbons (Fsp3) is 0.800. The molecule has 2 saturated carbocycles. The third-order valence-corrected chi connectivity index (χ3v) is 3.24. The van der Waals surface area contributed by atoms with Crippen molar-refractivity contribution in [1.82, 2.24) is 0 Å². The summed E-state index contributed by atoms with van der Waals surface area (Å²) in [5.41, 5.74) is 0. The summed E-state index contributed by atoms with van der Waals surface area (Å²) in [6.07, 6.45) is 5.24. The van der Waals surface area contributed by atoms with Crippen LogP contribution in [0, 0.1) is 11.8 Å². The minimum atomic E-state index is 0.161. The minimum absolute atomic E-state index is 0.161. The van der Waals surface area contributed by atoms with Crippen molar-refractivity contribution >= 4 is 11.6 Å². The van der Waals surface area contributed by atoms with E-state index in [0.717, 1.165) is 12.8 Å². The summed E-state index contributed by atoms with van der Waals surface area (Å²) in [5, 5.41) is 0. The zero-order valence-electron chi connectivity index (χ0n) is 7.21. The smallest absolute Gasteiger partial charge is 0.143 e. The van der Waals surface area contributed by atoms with E-state index in [1.807, 2.05) is 0 Å². The molecular formula is C10H14O2. The van der Waals surface area contributed by atoms with E-state index in [2.05, 4.69) is 0 Å². The van der Waals surface area contributed by atoms with Crippen LogP contribution in [-0.2, 0) is 9.59 Å². The van der Waals surface area contributed by atoms with Crippen LogP contribution in [0.1, 0.15) is 38.5 Å². The monoisotopic (exact) mass is 166 g/mol. The highest BCUT2D eigenvalue weighted by atomic mass is 16.1. The quantitative estimate of drug-likeness (QED) is 0.513. The van der Waals surface area contributed by atoms with E-state index in [1.54, 1.807) is 0 Å². The van der Waals surface area contributed by atoms with E-state index >= 15 is 0 Å². The summed E-state index contributed by atoms with van der Waals surface area (Å²) in [6, 6.07) is 0. The van der Waals surface area contributed by atoms with Crippen LogP contribution in [0.3, 0.4) is 0 Å². The summed E-state index contributed by atoms with van der Waals surface area (Å²) in [7, 11) is 0. The summed E-state index contributed by atoms with van der Waals surface area (Å²) in [6.45, 7) is 0. The second kappa shape index (κ2) is 3.00. The van der Waals surface area contributed by atoms with Gasteiger partial charge in [0.25, 0.3) is 0 Å². The number of hydrogen-bond donors (Lipinski definition) is 0. The Morgan fingerprint density at radius 2 is 1.92 bits per heavy atom. The molecule has 66 valence electrons. The molecule has 0 saturated heterocycles. The van der Waals surface area contributed by atoms with Gasteiger partial charge in [0.05, 0.1) is 6.42 Å². The van der Waals surface area contributed by atoms with Crippen LogP contribution in [0.4, 0.5) is 0 Å². The highest BCUT2D eigenvalue weighted by Gasteiger charge is 2.35. The molecule has 0 amide bonds. The lowest BCUT2D eigenvalue weighted by atomic mass is 9.91. The maximum atomic E-state index is 11.5. The molecule has 0 aromatic carbocycles. The van der Waals surface area contributed by atoms with Crippen LogP contribution >= 0.6 is 0 Å². The zero-order valence-corrected chi connectivity index (χ0v) is 7.21. The summed E-state index contributed by atoms with van der Waals surface area (Å²) >= 11 is 0. The Bertz CT molecular complexity index is 220. The molecular weight excluding hydrogens is 152 g/mol. The van der Waals surface area contributed by atoms with Gasteiger partial charge >= 0.3 is 0 Å². The van der Waals surface area contributed by atoms with Crippen molar-refractivity contribution in [2.24, 2.45) is 11.8 Å². The van der Waals surface area contributed by atoms with Crippen LogP contribution in [0.2, 0.25) is 0 Å². The largest absolute Gasteiger partial charge is 0.299 e. The van der Waals surface area contributed by atoms with Gasteiger partial charge in [-0.05, 0) is 25.2 Å². The van der Waals surface area contributed by atoms with Crippen LogP contribution < -0.4 is 0 Å². The van der Waals surface area contributed by atoms with Crippen LogP contribution in [-0.4, -0.2) is 11.6 Å². The second-order valence-electron chi connectivity index (χ2n) is 4.02. The molecule has 0 radical (unpaired) electrons. The van der Waals surface area contributed by atoms with Crippen molar-refractivity contribution in [3.8, 4) is 0 Å². The van der Waals surface area contributed by atoms with Gasteiger partial charge in [0.2, 0.25) is 0 Å². The Morgan fingerprint density at radius 3 is 2.75 bits per heavy atom. The molecule has 0 bridgehead atoms. The van der Waals surface area contributed by atoms with Crippen molar-refractivity contribution in [1.29, 1.82) is 0 Å². The Morgan fingerprint density at radius 1 is 1.08 bits per heavy atom. The SMILES string of the molecule is O=C1CC[C@H]2CCC[C@@H]2C(=O)C1. The first-order valence-electron chi connectivity index (χ1n) is 4.82. The number of ketones is 2. The van der Waals surface area contributed by atoms with Crippen molar-refractivity contribution < 1.29 is 9.59 Å². The van der Waals surface area contributed by atoms with Gasteiger partial charge in [0.1, 0.15) is 11.6 Å². The topological polar surface area (TPSA) is 34.1 Å². The fourth-order valence-corrected chi connectivity index (χ4v) is 2.57. The molecule has 2 heteroatoms. The van der Waals surface area contributed by atoms with Crippen molar-refractivity contribution in [3.05, 3.63) is 0 Å². The number of Topliss-reactive ketones (excluding diaryl/α,β-unsaturated/α-hetero) is 2. The van der Waals surface area contributed by atoms with E-state index in [4.69, 9.17) is 0 Å². The lowest BCUT2D eigenvalue weighted by molar-refractivity contribution is -0.128. The Labute approximate surface area is 72.3 Å². The van der Waals surface area contributed by atoms with Crippen LogP contribution in [0.5, 0.6) is 0 Å². The highest BCUT2D eigenvalue weighted by Crippen LogP contribution is 2.38. The van der Waals surface area contributed by atoms with E-state index in [0.29, 0.717) is 12.3 Å². The number of hydrogen-bond acceptors (Lipinski definition) is 2. The van der Waals surface area contributed by atoms with Crippen LogP contribution in [0.25, 0.3) is 0 Å². The number of carbonyl (C=O) groups is 2. The van der Waals surface area contributed by atoms with E-state index in [-0.39, 0.29) is 23.9 Å². The maximum Gasteiger partial charge on any atom is 0.143 e. The lowest BCUT2D eigenvalue weighted by Gasteiger charge is -2.12. The highest BCUT2D eigenvalue weighted by molar-refractivity contribution is 6.01. The average molecular weight is 166 g/mol. The normalized spacial score (nSPS) is 36.3. The molecule has 12 heavy (non-hydrogen) atoms. The first-order chi connectivity index (χ1) is 5.77. The fourth-order valence-electron chi connectivity index (χ4n) is 2.57. The molecule has 0 spiro atoms. The number of fused-ring (bicyclic) bond motifs is 1. The third-order valence-electron chi connectivity index (χ3n) is 3.24. The third kappa shape index (κ3) is 1.30. The van der Waals surface area contributed by atoms with Crippen molar-refractivity contribution in [2.75, 3.05) is 0 Å². The number of rotatable bonds is 0. The molecule has 2 fully saturated rings. The van der Waals surface area contributed by atoms with Gasteiger partial charge in [-0.1, -0.05) is 6.42 Å². The molecule has 0 N–H and O–H groups in total. The predicted molar refractivity (Wildman–Crippen MR) is 44.7 cm³/mol. The first-order valence-corrected chi connectivity index (χ1v) is 4.82. The lowest BCUT2D eigenvalue weighted by Crippen LogP contribution is -2.16. The van der Waals surface area contributed by atoms with E-state index < -0.39 is 0 Å². The van der Waals surface area contributed by atoms with Crippen LogP contribution in [0.15, 0.2) is 0 Å². The van der Waals surface area contributed by atoms with Gasteiger partial charge in [0.15, 0.2) is 0 Å². The molecule has 0 aromatic heterocycles. The Hall–Kier alpha value is -0.660. The minimum Gasteiger partial charge on any atom is -0.299 e. The summed E-state index contributed by atoms with van der Waals surface area (Å²) in [5.74, 6) is 1.18. The molecule has 2 nitrogen and oxygen atoms in total. The molecule has 2 rings (SSSR count). The van der Waals surface area contributed by atoms with Crippen molar-refractivity contribution in [3.63, 3.8) is 0 Å². The molecule has 0 aromatic rings. The van der Waals surface area contributed by atoms with Gasteiger partial charge < -0.3 is 0 Å². The Balaban J connectivity index is 2.14. The average Bonchev–Trinajstić information content (AvgIpc) is 2.43. The van der Waals surface area contributed by atoms with Gasteiger partial charge in [0, 0.05) is 12.3 Å². The van der Waals surface area contributed by atoms with Gasteiger partial charge in [-0.3, -0.25) is 9.59 Å². The van der Waals surface area contributed by atoms with Gasteiger partial charge in [-0.15, -0.1) is 0 Å². The molecule has 0 unspecified atom stereocenters. The van der Waals surface area contributed by atoms with E-state index in [1.165, 1.54) is 12.8 Å². The predicted octanol–water partition coefficient (Wildman–Crippen LogP) is 1.72. The standard InChI is InChI=1S/C10H14O2/c11-8-5-4-7-2-1-3-9(7)10(12)6-8/h7,9H,1-6H2/t7-,9+/m1/s1. The molecule has 0 heterocycles. The zero-order chi connectivity index (χ0) is 8.55. The summed E-state index contributed by atoms with van der Waals surface area (Å²) < 4.78 is 0. The molecule has 2 aliphatic carbocycles. The first kappa shape index (κ1) is 7.96. The Kier molecular flexibility index (Phi) is 1.99. The summed E-state index contributed by atoms with van der Waals surface area (Å²) in [4.78, 5) is 22.6. The van der Waals surface area contributed by atoms with E-state index in [9.17, 15) is 9.59 Å². The molecule has 0 aliphatic heterocycles. The number of carbonyl (C=O) groups excluding carboxylic acids is 2. The van der Waals surface area contributed by atoms with Crippen molar-refractivity contribution in [2.45, 2.75) is 38.5 Å². The molecule has 2 atom stereocenters. The molecule has 2 aliphatic rings. The second-order valence-corrected chi connectivity index (χ2v) is 4.02. The van der Waals surface area contributed by atoms with Gasteiger partial charge in [-0.25, -0.2) is 0 Å².